The van der Waals surface area contributed by atoms with Gasteiger partial charge in [0.25, 0.3) is 10.0 Å². The minimum atomic E-state index is -3.81. The average Bonchev–Trinajstić information content (AvgIpc) is 2.55. The Labute approximate surface area is 144 Å². The van der Waals surface area contributed by atoms with Crippen LogP contribution >= 0.6 is 11.6 Å². The minimum absolute atomic E-state index is 0.0820. The van der Waals surface area contributed by atoms with Crippen molar-refractivity contribution in [3.63, 3.8) is 0 Å². The van der Waals surface area contributed by atoms with Crippen LogP contribution in [0.2, 0.25) is 5.02 Å². The molecule has 1 amide bonds. The van der Waals surface area contributed by atoms with Crippen molar-refractivity contribution in [1.29, 1.82) is 5.26 Å². The van der Waals surface area contributed by atoms with E-state index in [1.807, 2.05) is 6.07 Å². The predicted octanol–water partition coefficient (Wildman–Crippen LogP) is 2.90. The summed E-state index contributed by atoms with van der Waals surface area (Å²) in [5, 5.41) is 11.9. The molecule has 122 valence electrons. The molecule has 2 aromatic rings. The first kappa shape index (κ1) is 16.3. The Bertz CT molecular complexity index is 981. The smallest absolute Gasteiger partial charge is 0.261 e. The lowest BCUT2D eigenvalue weighted by molar-refractivity contribution is -0.116. The second-order valence-corrected chi connectivity index (χ2v) is 7.37. The van der Waals surface area contributed by atoms with Gasteiger partial charge in [0.2, 0.25) is 5.91 Å². The normalized spacial score (nSPS) is 13.6. The summed E-state index contributed by atoms with van der Waals surface area (Å²) in [5.41, 5.74) is 1.83. The number of amides is 1. The van der Waals surface area contributed by atoms with Crippen LogP contribution in [0.5, 0.6) is 0 Å². The van der Waals surface area contributed by atoms with Gasteiger partial charge in [-0.05, 0) is 48.4 Å². The molecule has 0 radical (unpaired) electrons. The van der Waals surface area contributed by atoms with Gasteiger partial charge in [-0.15, -0.1) is 0 Å². The Morgan fingerprint density at radius 1 is 1.17 bits per heavy atom. The lowest BCUT2D eigenvalue weighted by Gasteiger charge is -2.18. The molecule has 6 nitrogen and oxygen atoms in total. The van der Waals surface area contributed by atoms with E-state index in [4.69, 9.17) is 16.9 Å². The quantitative estimate of drug-likeness (QED) is 0.877. The van der Waals surface area contributed by atoms with E-state index in [0.29, 0.717) is 18.5 Å². The van der Waals surface area contributed by atoms with Gasteiger partial charge in [-0.2, -0.15) is 5.26 Å². The van der Waals surface area contributed by atoms with Crippen molar-refractivity contribution in [3.05, 3.63) is 52.5 Å². The Kier molecular flexibility index (Phi) is 4.18. The number of aryl methyl sites for hydroxylation is 1. The zero-order valence-electron chi connectivity index (χ0n) is 12.3. The molecule has 0 saturated carbocycles. The molecule has 1 heterocycles. The van der Waals surface area contributed by atoms with Crippen molar-refractivity contribution in [3.8, 4) is 6.07 Å². The summed E-state index contributed by atoms with van der Waals surface area (Å²) < 4.78 is 27.5. The fraction of sp³-hybridized carbons (Fsp3) is 0.125. The molecule has 24 heavy (non-hydrogen) atoms. The molecule has 2 aromatic carbocycles. The highest BCUT2D eigenvalue weighted by Crippen LogP contribution is 2.27. The topological polar surface area (TPSA) is 99.1 Å². The van der Waals surface area contributed by atoms with Crippen LogP contribution in [0, 0.1) is 11.3 Å². The van der Waals surface area contributed by atoms with Gasteiger partial charge in [-0.3, -0.25) is 9.52 Å². The number of nitrogens with one attached hydrogen (secondary N) is 2. The van der Waals surface area contributed by atoms with Crippen LogP contribution < -0.4 is 10.0 Å². The molecule has 0 saturated heterocycles. The van der Waals surface area contributed by atoms with E-state index in [2.05, 4.69) is 10.0 Å². The second kappa shape index (κ2) is 6.15. The summed E-state index contributed by atoms with van der Waals surface area (Å²) >= 11 is 5.84. The summed E-state index contributed by atoms with van der Waals surface area (Å²) in [4.78, 5) is 11.4. The molecule has 2 N–H and O–H groups in total. The molecule has 1 aliphatic heterocycles. The number of nitriles is 1. The molecular formula is C16H12ClN3O3S. The van der Waals surface area contributed by atoms with Crippen LogP contribution in [0.15, 0.2) is 41.3 Å². The number of anilines is 2. The number of sulfonamides is 1. The van der Waals surface area contributed by atoms with Gasteiger partial charge in [0.1, 0.15) is 6.07 Å². The van der Waals surface area contributed by atoms with Gasteiger partial charge in [0.15, 0.2) is 0 Å². The van der Waals surface area contributed by atoms with Crippen LogP contribution in [-0.2, 0) is 21.2 Å². The summed E-state index contributed by atoms with van der Waals surface area (Å²) in [7, 11) is -3.81. The molecule has 0 aliphatic carbocycles. The summed E-state index contributed by atoms with van der Waals surface area (Å²) in [6.45, 7) is 0. The minimum Gasteiger partial charge on any atom is -0.326 e. The van der Waals surface area contributed by atoms with Gasteiger partial charge < -0.3 is 5.32 Å². The van der Waals surface area contributed by atoms with Crippen molar-refractivity contribution in [2.24, 2.45) is 0 Å². The van der Waals surface area contributed by atoms with Crippen LogP contribution in [0.3, 0.4) is 0 Å². The average molecular weight is 362 g/mol. The number of halogens is 1. The van der Waals surface area contributed by atoms with E-state index in [9.17, 15) is 13.2 Å². The first-order valence-electron chi connectivity index (χ1n) is 7.04. The highest BCUT2D eigenvalue weighted by molar-refractivity contribution is 7.92. The molecule has 1 aliphatic rings. The number of nitrogens with zero attached hydrogens (tertiary/aromatic N) is 1. The first-order chi connectivity index (χ1) is 11.4. The third kappa shape index (κ3) is 3.20. The van der Waals surface area contributed by atoms with Crippen LogP contribution in [0.1, 0.15) is 17.5 Å². The second-order valence-electron chi connectivity index (χ2n) is 5.28. The molecule has 0 spiro atoms. The van der Waals surface area contributed by atoms with Gasteiger partial charge >= 0.3 is 0 Å². The lowest BCUT2D eigenvalue weighted by Crippen LogP contribution is -2.20. The summed E-state index contributed by atoms with van der Waals surface area (Å²) in [6, 6.07) is 10.8. The van der Waals surface area contributed by atoms with Crippen molar-refractivity contribution in [2.75, 3.05) is 10.0 Å². The number of hydrogen-bond acceptors (Lipinski definition) is 4. The van der Waals surface area contributed by atoms with Crippen LogP contribution in [0.4, 0.5) is 11.4 Å². The maximum atomic E-state index is 12.5. The van der Waals surface area contributed by atoms with Gasteiger partial charge in [-0.1, -0.05) is 11.6 Å². The number of carbonyl (C=O) groups is 1. The van der Waals surface area contributed by atoms with Crippen molar-refractivity contribution < 1.29 is 13.2 Å². The van der Waals surface area contributed by atoms with Gasteiger partial charge in [0, 0.05) is 12.1 Å². The maximum Gasteiger partial charge on any atom is 0.261 e. The summed E-state index contributed by atoms with van der Waals surface area (Å²) in [6.07, 6.45) is 0.816. The molecule has 0 aromatic heterocycles. The fourth-order valence-electron chi connectivity index (χ4n) is 2.42. The van der Waals surface area contributed by atoms with Gasteiger partial charge in [0.05, 0.1) is 21.2 Å². The van der Waals surface area contributed by atoms with Gasteiger partial charge in [-0.25, -0.2) is 8.42 Å². The largest absolute Gasteiger partial charge is 0.326 e. The van der Waals surface area contributed by atoms with E-state index in [1.165, 1.54) is 30.3 Å². The Hall–Kier alpha value is -2.56. The highest BCUT2D eigenvalue weighted by atomic mass is 35.5. The van der Waals surface area contributed by atoms with E-state index >= 15 is 0 Å². The monoisotopic (exact) mass is 361 g/mol. The van der Waals surface area contributed by atoms with Crippen molar-refractivity contribution >= 4 is 38.9 Å². The number of hydrogen-bond donors (Lipinski definition) is 2. The van der Waals surface area contributed by atoms with Crippen molar-refractivity contribution in [2.45, 2.75) is 17.7 Å². The molecular weight excluding hydrogens is 350 g/mol. The third-order valence-corrected chi connectivity index (χ3v) is 5.33. The van der Waals surface area contributed by atoms with E-state index in [-0.39, 0.29) is 27.1 Å². The molecule has 0 unspecified atom stereocenters. The van der Waals surface area contributed by atoms with E-state index < -0.39 is 10.0 Å². The third-order valence-electron chi connectivity index (χ3n) is 3.62. The zero-order chi connectivity index (χ0) is 17.3. The van der Waals surface area contributed by atoms with Crippen molar-refractivity contribution in [1.82, 2.24) is 0 Å². The molecule has 0 fully saturated rings. The molecule has 0 atom stereocenters. The maximum absolute atomic E-state index is 12.5. The predicted molar refractivity (Wildman–Crippen MR) is 90.4 cm³/mol. The van der Waals surface area contributed by atoms with E-state index in [1.54, 1.807) is 6.07 Å². The Morgan fingerprint density at radius 2 is 1.96 bits per heavy atom. The molecule has 8 heteroatoms. The lowest BCUT2D eigenvalue weighted by atomic mass is 10.0. The standard InChI is InChI=1S/C16H12ClN3O3S/c17-14-4-2-12(7-11(14)9-18)20-24(22,23)13-3-5-15-10(8-13)1-6-16(21)19-15/h2-5,7-8,20H,1,6H2,(H,19,21). The first-order valence-corrected chi connectivity index (χ1v) is 8.90. The number of benzene rings is 2. The van der Waals surface area contributed by atoms with E-state index in [0.717, 1.165) is 5.56 Å². The molecule has 0 bridgehead atoms. The Balaban J connectivity index is 1.91. The fourth-order valence-corrected chi connectivity index (χ4v) is 3.67. The number of carbonyl (C=O) groups excluding carboxylic acids is 1. The molecule has 3 rings (SSSR count). The summed E-state index contributed by atoms with van der Waals surface area (Å²) in [5.74, 6) is -0.0820. The SMILES string of the molecule is N#Cc1cc(NS(=O)(=O)c2ccc3c(c2)CCC(=O)N3)ccc1Cl. The Morgan fingerprint density at radius 3 is 2.71 bits per heavy atom. The highest BCUT2D eigenvalue weighted by Gasteiger charge is 2.20. The number of fused-ring (bicyclic) bond motifs is 1. The number of rotatable bonds is 3. The van der Waals surface area contributed by atoms with Crippen LogP contribution in [0.25, 0.3) is 0 Å². The zero-order valence-corrected chi connectivity index (χ0v) is 13.9. The van der Waals surface area contributed by atoms with Crippen LogP contribution in [-0.4, -0.2) is 14.3 Å².